The minimum Gasteiger partial charge on any atom is -0.455 e. The van der Waals surface area contributed by atoms with E-state index in [-0.39, 0.29) is 5.91 Å². The molecule has 0 aliphatic carbocycles. The largest absolute Gasteiger partial charge is 0.455 e. The Morgan fingerprint density at radius 3 is 3.05 bits per heavy atom. The lowest BCUT2D eigenvalue weighted by Crippen LogP contribution is -2.17. The maximum Gasteiger partial charge on any atom is 0.263 e. The predicted octanol–water partition coefficient (Wildman–Crippen LogP) is 2.69. The fourth-order valence-electron chi connectivity index (χ4n) is 1.83. The number of thiocarbonyl (C=S) groups is 1. The van der Waals surface area contributed by atoms with E-state index in [0.717, 1.165) is 10.9 Å². The summed E-state index contributed by atoms with van der Waals surface area (Å²) in [6.45, 7) is 1.76. The molecule has 0 atom stereocenters. The van der Waals surface area contributed by atoms with Gasteiger partial charge in [0.2, 0.25) is 0 Å². The SMILES string of the molecule is CC#Cc1cncc2cc(/C=C3\SC(=S)NC3=O)oc12. The molecular weight excluding hydrogens is 292 g/mol. The number of fused-ring (bicyclic) bond motifs is 1. The van der Waals surface area contributed by atoms with Crippen LogP contribution >= 0.6 is 24.0 Å². The third-order valence-electron chi connectivity index (χ3n) is 2.62. The average molecular weight is 300 g/mol. The molecule has 0 spiro atoms. The summed E-state index contributed by atoms with van der Waals surface area (Å²) in [5, 5.41) is 3.41. The van der Waals surface area contributed by atoms with Gasteiger partial charge in [0.1, 0.15) is 10.1 Å². The van der Waals surface area contributed by atoms with Crippen LogP contribution < -0.4 is 5.32 Å². The molecule has 2 aromatic heterocycles. The quantitative estimate of drug-likeness (QED) is 0.498. The Balaban J connectivity index is 2.07. The van der Waals surface area contributed by atoms with Gasteiger partial charge in [-0.1, -0.05) is 29.9 Å². The van der Waals surface area contributed by atoms with Gasteiger partial charge >= 0.3 is 0 Å². The maximum absolute atomic E-state index is 11.6. The van der Waals surface area contributed by atoms with Crippen molar-refractivity contribution in [2.45, 2.75) is 6.92 Å². The number of furan rings is 1. The van der Waals surface area contributed by atoms with Crippen LogP contribution in [0.4, 0.5) is 0 Å². The van der Waals surface area contributed by atoms with Gasteiger partial charge in [-0.15, -0.1) is 5.92 Å². The fraction of sp³-hybridized carbons (Fsp3) is 0.0714. The molecule has 3 heterocycles. The summed E-state index contributed by atoms with van der Waals surface area (Å²) in [6.07, 6.45) is 5.03. The topological polar surface area (TPSA) is 55.1 Å². The maximum atomic E-state index is 11.6. The van der Waals surface area contributed by atoms with Crippen molar-refractivity contribution in [2.24, 2.45) is 0 Å². The lowest BCUT2D eigenvalue weighted by molar-refractivity contribution is -0.115. The number of hydrogen-bond acceptors (Lipinski definition) is 5. The van der Waals surface area contributed by atoms with Gasteiger partial charge in [-0.3, -0.25) is 9.78 Å². The molecule has 0 bridgehead atoms. The number of thioether (sulfide) groups is 1. The molecule has 1 aliphatic rings. The normalized spacial score (nSPS) is 16.4. The molecule has 2 aromatic rings. The van der Waals surface area contributed by atoms with Gasteiger partial charge in [-0.2, -0.15) is 0 Å². The van der Waals surface area contributed by atoms with E-state index >= 15 is 0 Å². The van der Waals surface area contributed by atoms with Gasteiger partial charge < -0.3 is 9.73 Å². The highest BCUT2D eigenvalue weighted by Crippen LogP contribution is 2.28. The number of carbonyl (C=O) groups is 1. The molecule has 20 heavy (non-hydrogen) atoms. The molecule has 3 rings (SSSR count). The van der Waals surface area contributed by atoms with Crippen molar-refractivity contribution < 1.29 is 9.21 Å². The van der Waals surface area contributed by atoms with Crippen molar-refractivity contribution in [2.75, 3.05) is 0 Å². The molecule has 1 amide bonds. The van der Waals surface area contributed by atoms with Crippen LogP contribution in [0.5, 0.6) is 0 Å². The Labute approximate surface area is 124 Å². The molecule has 0 saturated carbocycles. The lowest BCUT2D eigenvalue weighted by atomic mass is 10.2. The number of hydrogen-bond donors (Lipinski definition) is 1. The van der Waals surface area contributed by atoms with Gasteiger partial charge in [0, 0.05) is 23.9 Å². The van der Waals surface area contributed by atoms with Crippen molar-refractivity contribution in [3.05, 3.63) is 34.7 Å². The minimum atomic E-state index is -0.202. The Kier molecular flexibility index (Phi) is 3.30. The zero-order valence-electron chi connectivity index (χ0n) is 10.4. The molecule has 0 radical (unpaired) electrons. The van der Waals surface area contributed by atoms with Crippen molar-refractivity contribution in [3.8, 4) is 11.8 Å². The van der Waals surface area contributed by atoms with E-state index in [2.05, 4.69) is 22.1 Å². The smallest absolute Gasteiger partial charge is 0.263 e. The highest BCUT2D eigenvalue weighted by atomic mass is 32.2. The van der Waals surface area contributed by atoms with Gasteiger partial charge in [-0.25, -0.2) is 0 Å². The summed E-state index contributed by atoms with van der Waals surface area (Å²) < 4.78 is 6.20. The fourth-order valence-corrected chi connectivity index (χ4v) is 2.85. The monoisotopic (exact) mass is 300 g/mol. The first kappa shape index (κ1) is 12.9. The molecular formula is C14H8N2O2S2. The van der Waals surface area contributed by atoms with Gasteiger partial charge in [0.25, 0.3) is 5.91 Å². The molecule has 98 valence electrons. The number of carbonyl (C=O) groups excluding carboxylic acids is 1. The summed E-state index contributed by atoms with van der Waals surface area (Å²) in [7, 11) is 0. The van der Waals surface area contributed by atoms with Crippen LogP contribution in [-0.2, 0) is 4.79 Å². The molecule has 6 heteroatoms. The Morgan fingerprint density at radius 2 is 2.35 bits per heavy atom. The van der Waals surface area contributed by atoms with Crippen LogP contribution in [0.3, 0.4) is 0 Å². The van der Waals surface area contributed by atoms with Gasteiger partial charge in [0.15, 0.2) is 5.58 Å². The zero-order chi connectivity index (χ0) is 14.1. The number of nitrogens with one attached hydrogen (secondary N) is 1. The van der Waals surface area contributed by atoms with Crippen LogP contribution in [0.1, 0.15) is 18.2 Å². The van der Waals surface area contributed by atoms with E-state index in [1.54, 1.807) is 25.4 Å². The van der Waals surface area contributed by atoms with Gasteiger partial charge in [0.05, 0.1) is 10.5 Å². The number of amides is 1. The van der Waals surface area contributed by atoms with Crippen molar-refractivity contribution in [3.63, 3.8) is 0 Å². The molecule has 0 aromatic carbocycles. The summed E-state index contributed by atoms with van der Waals surface area (Å²) >= 11 is 6.16. The molecule has 4 nitrogen and oxygen atoms in total. The second-order valence-electron chi connectivity index (χ2n) is 3.98. The summed E-state index contributed by atoms with van der Waals surface area (Å²) in [6, 6.07) is 1.82. The van der Waals surface area contributed by atoms with Crippen molar-refractivity contribution in [1.82, 2.24) is 10.3 Å². The third kappa shape index (κ3) is 2.33. The lowest BCUT2D eigenvalue weighted by Gasteiger charge is -1.91. The van der Waals surface area contributed by atoms with E-state index in [1.807, 2.05) is 6.07 Å². The summed E-state index contributed by atoms with van der Waals surface area (Å²) in [5.74, 6) is 6.14. The average Bonchev–Trinajstić information content (AvgIpc) is 2.94. The molecule has 0 unspecified atom stereocenters. The van der Waals surface area contributed by atoms with Crippen LogP contribution in [0.15, 0.2) is 27.8 Å². The highest BCUT2D eigenvalue weighted by molar-refractivity contribution is 8.26. The third-order valence-corrected chi connectivity index (χ3v) is 3.78. The molecule has 1 saturated heterocycles. The van der Waals surface area contributed by atoms with Crippen LogP contribution in [-0.4, -0.2) is 15.2 Å². The highest BCUT2D eigenvalue weighted by Gasteiger charge is 2.22. The molecule has 1 fully saturated rings. The number of rotatable bonds is 1. The standard InChI is InChI=1S/C14H8N2O2S2/c1-2-3-8-6-15-7-9-4-10(18-12(8)9)5-11-13(17)16-14(19)20-11/h4-7H,1H3,(H,16,17,19)/b11-5-. The number of aromatic nitrogens is 1. The van der Waals surface area contributed by atoms with Crippen LogP contribution in [0.2, 0.25) is 0 Å². The number of nitrogens with zero attached hydrogens (tertiary/aromatic N) is 1. The van der Waals surface area contributed by atoms with Crippen molar-refractivity contribution >= 4 is 51.3 Å². The first-order chi connectivity index (χ1) is 9.67. The second kappa shape index (κ2) is 5.12. The Morgan fingerprint density at radius 1 is 1.50 bits per heavy atom. The minimum absolute atomic E-state index is 0.202. The van der Waals surface area contributed by atoms with Gasteiger partial charge in [-0.05, 0) is 13.0 Å². The first-order valence-electron chi connectivity index (χ1n) is 5.72. The summed E-state index contributed by atoms with van der Waals surface area (Å²) in [5.41, 5.74) is 1.40. The van der Waals surface area contributed by atoms with E-state index in [1.165, 1.54) is 11.8 Å². The predicted molar refractivity (Wildman–Crippen MR) is 82.9 cm³/mol. The van der Waals surface area contributed by atoms with E-state index in [4.69, 9.17) is 16.6 Å². The van der Waals surface area contributed by atoms with Crippen LogP contribution in [0, 0.1) is 11.8 Å². The van der Waals surface area contributed by atoms with Crippen LogP contribution in [0.25, 0.3) is 17.0 Å². The second-order valence-corrected chi connectivity index (χ2v) is 5.70. The number of pyridine rings is 1. The zero-order valence-corrected chi connectivity index (χ0v) is 12.0. The van der Waals surface area contributed by atoms with E-state index in [0.29, 0.717) is 20.6 Å². The Bertz CT molecular complexity index is 825. The molecule has 1 aliphatic heterocycles. The van der Waals surface area contributed by atoms with E-state index < -0.39 is 0 Å². The molecule has 1 N–H and O–H groups in total. The Hall–Kier alpha value is -2.10. The first-order valence-corrected chi connectivity index (χ1v) is 6.95. The van der Waals surface area contributed by atoms with Crippen molar-refractivity contribution in [1.29, 1.82) is 0 Å². The summed E-state index contributed by atoms with van der Waals surface area (Å²) in [4.78, 5) is 16.2. The van der Waals surface area contributed by atoms with E-state index in [9.17, 15) is 4.79 Å².